The standard InChI is InChI=1S/C23H24N2O5S/c1-5-25-21(26)20(14-16-13-18(28-3)11-12-19(16)29-4)31-23(25)24-17-9-7-15(8-10-17)22(27)30-6-2/h7-14H,5-6H2,1-4H3. The summed E-state index contributed by atoms with van der Waals surface area (Å²) in [6.07, 6.45) is 1.78. The number of hydrogen-bond donors (Lipinski definition) is 0. The number of ether oxygens (including phenoxy) is 3. The molecular weight excluding hydrogens is 416 g/mol. The van der Waals surface area contributed by atoms with Gasteiger partial charge in [-0.2, -0.15) is 0 Å². The molecule has 1 heterocycles. The van der Waals surface area contributed by atoms with Gasteiger partial charge in [-0.3, -0.25) is 9.69 Å². The smallest absolute Gasteiger partial charge is 0.338 e. The van der Waals surface area contributed by atoms with Crippen LogP contribution in [0.15, 0.2) is 52.4 Å². The summed E-state index contributed by atoms with van der Waals surface area (Å²) in [5, 5.41) is 0.574. The average Bonchev–Trinajstić information content (AvgIpc) is 3.08. The number of methoxy groups -OCH3 is 2. The van der Waals surface area contributed by atoms with Gasteiger partial charge in [-0.05, 0) is 74.1 Å². The monoisotopic (exact) mass is 440 g/mol. The highest BCUT2D eigenvalue weighted by Crippen LogP contribution is 2.36. The van der Waals surface area contributed by atoms with E-state index >= 15 is 0 Å². The fourth-order valence-corrected chi connectivity index (χ4v) is 4.01. The Kier molecular flexibility index (Phi) is 7.36. The molecule has 0 atom stereocenters. The molecule has 8 heteroatoms. The van der Waals surface area contributed by atoms with E-state index in [-0.39, 0.29) is 11.9 Å². The Labute approximate surface area is 185 Å². The summed E-state index contributed by atoms with van der Waals surface area (Å²) in [5.41, 5.74) is 1.84. The minimum atomic E-state index is -0.375. The third-order valence-electron chi connectivity index (χ3n) is 4.53. The van der Waals surface area contributed by atoms with Crippen molar-refractivity contribution in [2.24, 2.45) is 4.99 Å². The van der Waals surface area contributed by atoms with Crippen LogP contribution in [0.25, 0.3) is 6.08 Å². The number of esters is 1. The summed E-state index contributed by atoms with van der Waals surface area (Å²) < 4.78 is 15.7. The first kappa shape index (κ1) is 22.4. The van der Waals surface area contributed by atoms with Crippen molar-refractivity contribution in [2.75, 3.05) is 27.4 Å². The van der Waals surface area contributed by atoms with Gasteiger partial charge in [-0.1, -0.05) is 0 Å². The van der Waals surface area contributed by atoms with Crippen molar-refractivity contribution in [2.45, 2.75) is 13.8 Å². The quantitative estimate of drug-likeness (QED) is 0.466. The summed E-state index contributed by atoms with van der Waals surface area (Å²) in [5.74, 6) is 0.815. The summed E-state index contributed by atoms with van der Waals surface area (Å²) in [6.45, 7) is 4.46. The van der Waals surface area contributed by atoms with Gasteiger partial charge < -0.3 is 14.2 Å². The lowest BCUT2D eigenvalue weighted by Crippen LogP contribution is -2.28. The molecule has 2 aromatic carbocycles. The van der Waals surface area contributed by atoms with Gasteiger partial charge in [0.25, 0.3) is 5.91 Å². The van der Waals surface area contributed by atoms with Gasteiger partial charge in [0.05, 0.1) is 37.0 Å². The lowest BCUT2D eigenvalue weighted by Gasteiger charge is -2.12. The Balaban J connectivity index is 1.90. The maximum absolute atomic E-state index is 12.9. The van der Waals surface area contributed by atoms with Crippen molar-refractivity contribution in [3.05, 3.63) is 58.5 Å². The van der Waals surface area contributed by atoms with Crippen LogP contribution in [0.1, 0.15) is 29.8 Å². The van der Waals surface area contributed by atoms with Crippen LogP contribution in [0.3, 0.4) is 0 Å². The number of hydrogen-bond acceptors (Lipinski definition) is 7. The normalized spacial score (nSPS) is 16.1. The first-order chi connectivity index (χ1) is 15.0. The van der Waals surface area contributed by atoms with E-state index in [0.29, 0.717) is 46.0 Å². The highest BCUT2D eigenvalue weighted by atomic mass is 32.2. The van der Waals surface area contributed by atoms with Crippen molar-refractivity contribution in [1.82, 2.24) is 4.90 Å². The highest BCUT2D eigenvalue weighted by molar-refractivity contribution is 8.18. The zero-order valence-corrected chi connectivity index (χ0v) is 18.7. The lowest BCUT2D eigenvalue weighted by molar-refractivity contribution is -0.122. The van der Waals surface area contributed by atoms with Gasteiger partial charge in [-0.25, -0.2) is 9.79 Å². The Morgan fingerprint density at radius 2 is 1.84 bits per heavy atom. The molecule has 0 unspecified atom stereocenters. The molecule has 31 heavy (non-hydrogen) atoms. The van der Waals surface area contributed by atoms with Crippen LogP contribution < -0.4 is 9.47 Å². The van der Waals surface area contributed by atoms with E-state index in [4.69, 9.17) is 14.2 Å². The third kappa shape index (κ3) is 5.08. The van der Waals surface area contributed by atoms with Crippen molar-refractivity contribution < 1.29 is 23.8 Å². The first-order valence-electron chi connectivity index (χ1n) is 9.80. The highest BCUT2D eigenvalue weighted by Gasteiger charge is 2.32. The Morgan fingerprint density at radius 3 is 2.45 bits per heavy atom. The van der Waals surface area contributed by atoms with Crippen LogP contribution >= 0.6 is 11.8 Å². The number of benzene rings is 2. The molecule has 1 aliphatic heterocycles. The molecule has 162 valence electrons. The van der Waals surface area contributed by atoms with Crippen LogP contribution in [-0.2, 0) is 9.53 Å². The number of rotatable bonds is 7. The third-order valence-corrected chi connectivity index (χ3v) is 5.54. The van der Waals surface area contributed by atoms with Crippen LogP contribution in [0.5, 0.6) is 11.5 Å². The van der Waals surface area contributed by atoms with Crippen molar-refractivity contribution >= 4 is 40.6 Å². The maximum atomic E-state index is 12.9. The summed E-state index contributed by atoms with van der Waals surface area (Å²) in [7, 11) is 3.17. The SMILES string of the molecule is CCOC(=O)c1ccc(N=C2SC(=Cc3cc(OC)ccc3OC)C(=O)N2CC)cc1. The minimum absolute atomic E-state index is 0.126. The van der Waals surface area contributed by atoms with Crippen LogP contribution in [0, 0.1) is 0 Å². The molecule has 2 aromatic rings. The van der Waals surface area contributed by atoms with Crippen molar-refractivity contribution in [3.63, 3.8) is 0 Å². The zero-order valence-electron chi connectivity index (χ0n) is 17.9. The molecule has 0 spiro atoms. The number of likely N-dealkylation sites (N-methyl/N-ethyl adjacent to an activating group) is 1. The maximum Gasteiger partial charge on any atom is 0.338 e. The molecule has 0 bridgehead atoms. The molecule has 1 fully saturated rings. The fraction of sp³-hybridized carbons (Fsp3) is 0.261. The fourth-order valence-electron chi connectivity index (χ4n) is 2.96. The summed E-state index contributed by atoms with van der Waals surface area (Å²) in [4.78, 5) is 31.5. The number of carbonyl (C=O) groups is 2. The molecule has 7 nitrogen and oxygen atoms in total. The Morgan fingerprint density at radius 1 is 1.10 bits per heavy atom. The molecular formula is C23H24N2O5S. The number of carbonyl (C=O) groups excluding carboxylic acids is 2. The predicted octanol–water partition coefficient (Wildman–Crippen LogP) is 4.50. The number of amides is 1. The molecule has 1 saturated heterocycles. The van der Waals surface area contributed by atoms with E-state index < -0.39 is 0 Å². The predicted molar refractivity (Wildman–Crippen MR) is 122 cm³/mol. The number of aliphatic imine (C=N–C) groups is 1. The van der Waals surface area contributed by atoms with E-state index in [1.54, 1.807) is 68.5 Å². The molecule has 3 rings (SSSR count). The second-order valence-electron chi connectivity index (χ2n) is 6.43. The molecule has 1 amide bonds. The van der Waals surface area contributed by atoms with Gasteiger partial charge >= 0.3 is 5.97 Å². The number of thioether (sulfide) groups is 1. The van der Waals surface area contributed by atoms with Gasteiger partial charge in [0, 0.05) is 12.1 Å². The van der Waals surface area contributed by atoms with Crippen LogP contribution in [-0.4, -0.2) is 49.3 Å². The molecule has 0 saturated carbocycles. The van der Waals surface area contributed by atoms with Crippen molar-refractivity contribution in [1.29, 1.82) is 0 Å². The summed E-state index contributed by atoms with van der Waals surface area (Å²) >= 11 is 1.29. The van der Waals surface area contributed by atoms with Gasteiger partial charge in [0.15, 0.2) is 5.17 Å². The average molecular weight is 441 g/mol. The molecule has 0 aliphatic carbocycles. The Hall–Kier alpha value is -3.26. The lowest BCUT2D eigenvalue weighted by atomic mass is 10.1. The van der Waals surface area contributed by atoms with E-state index in [9.17, 15) is 9.59 Å². The van der Waals surface area contributed by atoms with Crippen LogP contribution in [0.4, 0.5) is 5.69 Å². The van der Waals surface area contributed by atoms with Crippen molar-refractivity contribution in [3.8, 4) is 11.5 Å². The topological polar surface area (TPSA) is 77.4 Å². The first-order valence-corrected chi connectivity index (χ1v) is 10.6. The molecule has 0 radical (unpaired) electrons. The number of nitrogens with zero attached hydrogens (tertiary/aromatic N) is 2. The van der Waals surface area contributed by atoms with Crippen LogP contribution in [0.2, 0.25) is 0 Å². The number of amidine groups is 1. The molecule has 0 aromatic heterocycles. The second kappa shape index (κ2) is 10.2. The largest absolute Gasteiger partial charge is 0.497 e. The molecule has 1 aliphatic rings. The van der Waals surface area contributed by atoms with Gasteiger partial charge in [0.2, 0.25) is 0 Å². The van der Waals surface area contributed by atoms with E-state index in [1.807, 2.05) is 13.0 Å². The van der Waals surface area contributed by atoms with E-state index in [2.05, 4.69) is 4.99 Å². The van der Waals surface area contributed by atoms with E-state index in [0.717, 1.165) is 5.56 Å². The van der Waals surface area contributed by atoms with Gasteiger partial charge in [-0.15, -0.1) is 0 Å². The van der Waals surface area contributed by atoms with Gasteiger partial charge in [0.1, 0.15) is 11.5 Å². The summed E-state index contributed by atoms with van der Waals surface area (Å²) in [6, 6.07) is 12.2. The Bertz CT molecular complexity index is 1030. The molecule has 0 N–H and O–H groups in total. The second-order valence-corrected chi connectivity index (χ2v) is 7.44. The minimum Gasteiger partial charge on any atom is -0.497 e. The zero-order chi connectivity index (χ0) is 22.4. The van der Waals surface area contributed by atoms with E-state index in [1.165, 1.54) is 11.8 Å².